The van der Waals surface area contributed by atoms with Gasteiger partial charge in [-0.05, 0) is 24.6 Å². The van der Waals surface area contributed by atoms with E-state index >= 15 is 0 Å². The molecule has 1 aliphatic heterocycles. The molecule has 0 radical (unpaired) electrons. The number of rotatable bonds is 6. The van der Waals surface area contributed by atoms with Crippen LogP contribution in [0.2, 0.25) is 5.02 Å². The van der Waals surface area contributed by atoms with Gasteiger partial charge >= 0.3 is 5.97 Å². The van der Waals surface area contributed by atoms with E-state index in [0.29, 0.717) is 24.4 Å². The van der Waals surface area contributed by atoms with E-state index in [1.165, 1.54) is 7.11 Å². The summed E-state index contributed by atoms with van der Waals surface area (Å²) in [5.74, 6) is 1.34. The van der Waals surface area contributed by atoms with Crippen molar-refractivity contribution in [3.63, 3.8) is 0 Å². The Bertz CT molecular complexity index is 817. The first-order valence-electron chi connectivity index (χ1n) is 8.35. The van der Waals surface area contributed by atoms with Crippen molar-refractivity contribution in [3.05, 3.63) is 47.0 Å². The number of anilines is 1. The lowest BCUT2D eigenvalue weighted by atomic mass is 10.1. The number of imidazole rings is 1. The molecule has 0 unspecified atom stereocenters. The summed E-state index contributed by atoms with van der Waals surface area (Å²) in [6.07, 6.45) is 6.75. The highest BCUT2D eigenvalue weighted by Gasteiger charge is 2.20. The summed E-state index contributed by atoms with van der Waals surface area (Å²) >= 11 is 6.07. The lowest BCUT2D eigenvalue weighted by Gasteiger charge is -2.15. The quantitative estimate of drug-likeness (QED) is 0.761. The molecule has 0 fully saturated rings. The third-order valence-electron chi connectivity index (χ3n) is 4.02. The number of aliphatic imine (C=N–C) groups is 2. The van der Waals surface area contributed by atoms with Crippen LogP contribution in [0.15, 0.2) is 40.6 Å². The van der Waals surface area contributed by atoms with E-state index in [0.717, 1.165) is 22.9 Å². The first-order valence-corrected chi connectivity index (χ1v) is 8.72. The molecule has 0 saturated heterocycles. The van der Waals surface area contributed by atoms with Crippen LogP contribution in [0, 0.1) is 0 Å². The summed E-state index contributed by atoms with van der Waals surface area (Å²) < 4.78 is 4.73. The molecule has 0 saturated carbocycles. The Morgan fingerprint density at radius 3 is 3.08 bits per heavy atom. The molecule has 2 heterocycles. The van der Waals surface area contributed by atoms with Crippen LogP contribution in [-0.2, 0) is 16.0 Å². The van der Waals surface area contributed by atoms with Gasteiger partial charge in [0.1, 0.15) is 17.7 Å². The Morgan fingerprint density at radius 1 is 1.42 bits per heavy atom. The topological polar surface area (TPSA) is 91.7 Å². The predicted octanol–water partition coefficient (Wildman–Crippen LogP) is 2.87. The maximum absolute atomic E-state index is 11.5. The largest absolute Gasteiger partial charge is 0.469 e. The van der Waals surface area contributed by atoms with Crippen molar-refractivity contribution in [1.82, 2.24) is 9.97 Å². The molecular weight excluding hydrogens is 354 g/mol. The van der Waals surface area contributed by atoms with Crippen molar-refractivity contribution < 1.29 is 9.53 Å². The number of esters is 1. The van der Waals surface area contributed by atoms with E-state index in [9.17, 15) is 4.79 Å². The smallest absolute Gasteiger partial charge is 0.305 e. The van der Waals surface area contributed by atoms with Gasteiger partial charge in [0.2, 0.25) is 0 Å². The monoisotopic (exact) mass is 373 g/mol. The second-order valence-corrected chi connectivity index (χ2v) is 6.25. The summed E-state index contributed by atoms with van der Waals surface area (Å²) in [7, 11) is 1.38. The second-order valence-electron chi connectivity index (χ2n) is 5.82. The number of carbonyl (C=O) groups is 1. The number of aromatic amines is 1. The van der Waals surface area contributed by atoms with Crippen molar-refractivity contribution in [3.8, 4) is 0 Å². The highest BCUT2D eigenvalue weighted by Crippen LogP contribution is 2.23. The van der Waals surface area contributed by atoms with Gasteiger partial charge in [0.15, 0.2) is 0 Å². The SMILES string of the molecule is COC(=O)CC[C@@H]1N=Cc2cc(Cl)ccc2NC1=NCCc1ncc[nH]1. The zero-order chi connectivity index (χ0) is 18.4. The number of amidine groups is 1. The highest BCUT2D eigenvalue weighted by atomic mass is 35.5. The molecule has 8 heteroatoms. The van der Waals surface area contributed by atoms with Crippen LogP contribution < -0.4 is 5.32 Å². The van der Waals surface area contributed by atoms with Gasteiger partial charge in [-0.1, -0.05) is 11.6 Å². The van der Waals surface area contributed by atoms with Crippen LogP contribution in [0.5, 0.6) is 0 Å². The molecule has 26 heavy (non-hydrogen) atoms. The van der Waals surface area contributed by atoms with E-state index in [-0.39, 0.29) is 18.4 Å². The summed E-state index contributed by atoms with van der Waals surface area (Å²) in [5.41, 5.74) is 1.77. The number of nitrogens with zero attached hydrogens (tertiary/aromatic N) is 3. The summed E-state index contributed by atoms with van der Waals surface area (Å²) in [4.78, 5) is 28.1. The Hall–Kier alpha value is -2.67. The molecule has 1 aromatic carbocycles. The van der Waals surface area contributed by atoms with Crippen molar-refractivity contribution in [1.29, 1.82) is 0 Å². The molecule has 3 rings (SSSR count). The molecule has 136 valence electrons. The summed E-state index contributed by atoms with van der Waals surface area (Å²) in [5, 5.41) is 3.98. The van der Waals surface area contributed by atoms with Gasteiger partial charge in [-0.15, -0.1) is 0 Å². The second kappa shape index (κ2) is 8.62. The number of hydrogen-bond acceptors (Lipinski definition) is 5. The minimum Gasteiger partial charge on any atom is -0.469 e. The number of benzene rings is 1. The van der Waals surface area contributed by atoms with Crippen molar-refractivity contribution in [2.75, 3.05) is 19.0 Å². The molecular formula is C18H20ClN5O2. The van der Waals surface area contributed by atoms with E-state index in [1.807, 2.05) is 18.2 Å². The molecule has 7 nitrogen and oxygen atoms in total. The van der Waals surface area contributed by atoms with Gasteiger partial charge in [-0.3, -0.25) is 14.8 Å². The van der Waals surface area contributed by atoms with Crippen LogP contribution in [0.4, 0.5) is 5.69 Å². The molecule has 0 aliphatic carbocycles. The maximum atomic E-state index is 11.5. The van der Waals surface area contributed by atoms with Crippen LogP contribution >= 0.6 is 11.6 Å². The number of benzodiazepines with no additional fused rings is 1. The van der Waals surface area contributed by atoms with Gasteiger partial charge in [0, 0.05) is 54.3 Å². The standard InChI is InChI=1S/C18H20ClN5O2/c1-26-17(25)5-4-15-18(22-7-6-16-20-8-9-21-16)24-14-3-2-13(19)10-12(14)11-23-15/h2-3,8-11,15H,4-7H2,1H3,(H,20,21)(H,22,24)/t15-/m0/s1. The van der Waals surface area contributed by atoms with E-state index in [2.05, 4.69) is 25.3 Å². The van der Waals surface area contributed by atoms with Crippen molar-refractivity contribution in [2.45, 2.75) is 25.3 Å². The van der Waals surface area contributed by atoms with Crippen LogP contribution in [-0.4, -0.2) is 47.7 Å². The van der Waals surface area contributed by atoms with Crippen LogP contribution in [0.3, 0.4) is 0 Å². The van der Waals surface area contributed by atoms with Gasteiger partial charge in [0.25, 0.3) is 0 Å². The number of aromatic nitrogens is 2. The zero-order valence-corrected chi connectivity index (χ0v) is 15.2. The fourth-order valence-corrected chi connectivity index (χ4v) is 2.83. The lowest BCUT2D eigenvalue weighted by Crippen LogP contribution is -2.27. The summed E-state index contributed by atoms with van der Waals surface area (Å²) in [6.45, 7) is 0.559. The molecule has 0 bridgehead atoms. The van der Waals surface area contributed by atoms with Crippen LogP contribution in [0.25, 0.3) is 0 Å². The Balaban J connectivity index is 1.78. The first-order chi connectivity index (χ1) is 12.7. The fourth-order valence-electron chi connectivity index (χ4n) is 2.65. The lowest BCUT2D eigenvalue weighted by molar-refractivity contribution is -0.140. The molecule has 1 atom stereocenters. The normalized spacial score (nSPS) is 17.5. The summed E-state index contributed by atoms with van der Waals surface area (Å²) in [6, 6.07) is 5.30. The molecule has 2 N–H and O–H groups in total. The van der Waals surface area contributed by atoms with E-state index in [4.69, 9.17) is 16.3 Å². The average Bonchev–Trinajstić information content (AvgIpc) is 3.09. The van der Waals surface area contributed by atoms with Gasteiger partial charge in [-0.2, -0.15) is 0 Å². The van der Waals surface area contributed by atoms with E-state index < -0.39 is 0 Å². The maximum Gasteiger partial charge on any atom is 0.305 e. The number of ether oxygens (including phenoxy) is 1. The Kier molecular flexibility index (Phi) is 6.01. The third kappa shape index (κ3) is 4.70. The minimum absolute atomic E-state index is 0.253. The van der Waals surface area contributed by atoms with Gasteiger partial charge in [0.05, 0.1) is 7.11 Å². The Morgan fingerprint density at radius 2 is 2.31 bits per heavy atom. The minimum atomic E-state index is -0.264. The van der Waals surface area contributed by atoms with Crippen LogP contribution in [0.1, 0.15) is 24.2 Å². The van der Waals surface area contributed by atoms with Crippen molar-refractivity contribution >= 4 is 35.3 Å². The zero-order valence-electron chi connectivity index (χ0n) is 14.4. The predicted molar refractivity (Wildman–Crippen MR) is 102 cm³/mol. The number of fused-ring (bicyclic) bond motifs is 1. The molecule has 1 aromatic heterocycles. The van der Waals surface area contributed by atoms with E-state index in [1.54, 1.807) is 18.6 Å². The highest BCUT2D eigenvalue weighted by molar-refractivity contribution is 6.31. The third-order valence-corrected chi connectivity index (χ3v) is 4.26. The number of halogens is 1. The van der Waals surface area contributed by atoms with Gasteiger partial charge in [-0.25, -0.2) is 4.98 Å². The first kappa shape index (κ1) is 18.1. The number of carbonyl (C=O) groups excluding carboxylic acids is 1. The molecule has 0 spiro atoms. The molecule has 1 aliphatic rings. The molecule has 2 aromatic rings. The number of hydrogen-bond donors (Lipinski definition) is 2. The number of methoxy groups -OCH3 is 1. The Labute approximate surface area is 156 Å². The number of H-pyrrole nitrogens is 1. The fraction of sp³-hybridized carbons (Fsp3) is 0.333. The molecule has 0 amide bonds. The number of nitrogens with one attached hydrogen (secondary N) is 2. The average molecular weight is 374 g/mol. The van der Waals surface area contributed by atoms with Gasteiger partial charge < -0.3 is 15.0 Å². The van der Waals surface area contributed by atoms with Crippen molar-refractivity contribution in [2.24, 2.45) is 9.98 Å².